The monoisotopic (exact) mass is 270 g/mol. The molecule has 1 amide bonds. The van der Waals surface area contributed by atoms with Gasteiger partial charge in [0.15, 0.2) is 5.17 Å². The van der Waals surface area contributed by atoms with Gasteiger partial charge in [-0.15, -0.1) is 0 Å². The number of nitrogens with zero attached hydrogens (tertiary/aromatic N) is 1. The maximum absolute atomic E-state index is 11.0. The number of rotatable bonds is 2. The average Bonchev–Trinajstić information content (AvgIpc) is 2.67. The second-order valence-corrected chi connectivity index (χ2v) is 4.60. The van der Waals surface area contributed by atoms with Gasteiger partial charge >= 0.3 is 5.97 Å². The van der Waals surface area contributed by atoms with Gasteiger partial charge in [-0.3, -0.25) is 4.79 Å². The number of nitrogens with one attached hydrogen (secondary N) is 1. The van der Waals surface area contributed by atoms with Gasteiger partial charge in [0.1, 0.15) is 0 Å². The minimum Gasteiger partial charge on any atom is -0.478 e. The molecule has 0 unspecified atom stereocenters. The van der Waals surface area contributed by atoms with Crippen molar-refractivity contribution in [3.8, 4) is 0 Å². The molecule has 88 valence electrons. The van der Waals surface area contributed by atoms with Crippen LogP contribution in [0.5, 0.6) is 0 Å². The van der Waals surface area contributed by atoms with E-state index in [0.29, 0.717) is 21.6 Å². The number of carbonyl (C=O) groups is 2. The Balaban J connectivity index is 2.34. The van der Waals surface area contributed by atoms with Gasteiger partial charge in [-0.25, -0.2) is 9.79 Å². The van der Waals surface area contributed by atoms with E-state index in [2.05, 4.69) is 10.3 Å². The van der Waals surface area contributed by atoms with Gasteiger partial charge in [0.2, 0.25) is 5.91 Å². The first-order chi connectivity index (χ1) is 8.06. The van der Waals surface area contributed by atoms with Crippen molar-refractivity contribution in [3.05, 3.63) is 28.8 Å². The quantitative estimate of drug-likeness (QED) is 0.860. The fourth-order valence-corrected chi connectivity index (χ4v) is 2.08. The number of amides is 1. The predicted molar refractivity (Wildman–Crippen MR) is 66.1 cm³/mol. The number of amidine groups is 1. The van der Waals surface area contributed by atoms with E-state index in [9.17, 15) is 9.59 Å². The van der Waals surface area contributed by atoms with Crippen molar-refractivity contribution in [1.29, 1.82) is 0 Å². The van der Waals surface area contributed by atoms with Crippen molar-refractivity contribution in [2.24, 2.45) is 4.99 Å². The zero-order valence-corrected chi connectivity index (χ0v) is 10.0. The molecule has 1 aromatic carbocycles. The van der Waals surface area contributed by atoms with E-state index in [0.717, 1.165) is 0 Å². The third kappa shape index (κ3) is 2.78. The van der Waals surface area contributed by atoms with Gasteiger partial charge in [0.05, 0.1) is 22.0 Å². The first-order valence-electron chi connectivity index (χ1n) is 4.60. The molecular formula is C10H7ClN2O3S. The number of aromatic carboxylic acids is 1. The van der Waals surface area contributed by atoms with E-state index in [4.69, 9.17) is 16.7 Å². The molecule has 0 atom stereocenters. The molecule has 0 bridgehead atoms. The minimum absolute atomic E-state index is 0.100. The number of thioether (sulfide) groups is 1. The lowest BCUT2D eigenvalue weighted by Gasteiger charge is -2.01. The van der Waals surface area contributed by atoms with Gasteiger partial charge in [-0.05, 0) is 18.2 Å². The van der Waals surface area contributed by atoms with Gasteiger partial charge in [0, 0.05) is 0 Å². The summed E-state index contributed by atoms with van der Waals surface area (Å²) in [5, 5.41) is 12.2. The van der Waals surface area contributed by atoms with Gasteiger partial charge in [-0.2, -0.15) is 0 Å². The SMILES string of the molecule is O=C1CSC(=Nc2cc(C(=O)O)ccc2Cl)N1. The third-order valence-electron chi connectivity index (χ3n) is 2.00. The molecule has 1 aromatic rings. The van der Waals surface area contributed by atoms with E-state index < -0.39 is 5.97 Å². The number of hydrogen-bond donors (Lipinski definition) is 2. The summed E-state index contributed by atoms with van der Waals surface area (Å²) < 4.78 is 0. The van der Waals surface area contributed by atoms with E-state index in [1.54, 1.807) is 0 Å². The van der Waals surface area contributed by atoms with Crippen LogP contribution in [0.4, 0.5) is 5.69 Å². The molecule has 0 spiro atoms. The maximum Gasteiger partial charge on any atom is 0.335 e. The average molecular weight is 271 g/mol. The Morgan fingerprint density at radius 3 is 2.88 bits per heavy atom. The van der Waals surface area contributed by atoms with Crippen LogP contribution < -0.4 is 5.32 Å². The van der Waals surface area contributed by atoms with Gasteiger partial charge < -0.3 is 10.4 Å². The smallest absolute Gasteiger partial charge is 0.335 e. The molecule has 17 heavy (non-hydrogen) atoms. The van der Waals surface area contributed by atoms with Crippen LogP contribution in [0.3, 0.4) is 0 Å². The molecule has 0 radical (unpaired) electrons. The van der Waals surface area contributed by atoms with Crippen molar-refractivity contribution in [3.63, 3.8) is 0 Å². The fraction of sp³-hybridized carbons (Fsp3) is 0.100. The number of carboxylic acids is 1. The van der Waals surface area contributed by atoms with Gasteiger partial charge in [-0.1, -0.05) is 23.4 Å². The number of aliphatic imine (C=N–C) groups is 1. The first-order valence-corrected chi connectivity index (χ1v) is 5.97. The highest BCUT2D eigenvalue weighted by atomic mass is 35.5. The summed E-state index contributed by atoms with van der Waals surface area (Å²) in [6, 6.07) is 4.23. The van der Waals surface area contributed by atoms with Crippen molar-refractivity contribution in [2.45, 2.75) is 0 Å². The zero-order chi connectivity index (χ0) is 12.4. The van der Waals surface area contributed by atoms with Crippen LogP contribution in [0.2, 0.25) is 5.02 Å². The Kier molecular flexibility index (Phi) is 3.35. The number of carboxylic acid groups (broad SMARTS) is 1. The fourth-order valence-electron chi connectivity index (χ4n) is 1.23. The van der Waals surface area contributed by atoms with Crippen LogP contribution in [0.1, 0.15) is 10.4 Å². The summed E-state index contributed by atoms with van der Waals surface area (Å²) in [5.74, 6) is -0.861. The van der Waals surface area contributed by atoms with Crippen molar-refractivity contribution < 1.29 is 14.7 Å². The largest absolute Gasteiger partial charge is 0.478 e. The van der Waals surface area contributed by atoms with Crippen LogP contribution in [-0.4, -0.2) is 27.9 Å². The molecule has 5 nitrogen and oxygen atoms in total. The van der Waals surface area contributed by atoms with Crippen molar-refractivity contribution in [2.75, 3.05) is 5.75 Å². The highest BCUT2D eigenvalue weighted by Gasteiger charge is 2.17. The topological polar surface area (TPSA) is 78.8 Å². The third-order valence-corrected chi connectivity index (χ3v) is 3.19. The summed E-state index contributed by atoms with van der Waals surface area (Å²) in [6.45, 7) is 0. The number of hydrogen-bond acceptors (Lipinski definition) is 4. The van der Waals surface area contributed by atoms with Crippen molar-refractivity contribution >= 4 is 46.1 Å². The molecule has 1 saturated heterocycles. The van der Waals surface area contributed by atoms with Crippen molar-refractivity contribution in [1.82, 2.24) is 5.32 Å². The lowest BCUT2D eigenvalue weighted by molar-refractivity contribution is -0.116. The molecule has 2 N–H and O–H groups in total. The van der Waals surface area contributed by atoms with E-state index >= 15 is 0 Å². The molecule has 7 heteroatoms. The molecule has 1 heterocycles. The highest BCUT2D eigenvalue weighted by molar-refractivity contribution is 8.15. The second-order valence-electron chi connectivity index (χ2n) is 3.23. The molecule has 0 aliphatic carbocycles. The standard InChI is InChI=1S/C10H7ClN2O3S/c11-6-2-1-5(9(15)16)3-7(6)12-10-13-8(14)4-17-10/h1-3H,4H2,(H,15,16)(H,12,13,14). The molecular weight excluding hydrogens is 264 g/mol. The summed E-state index contributed by atoms with van der Waals surface area (Å²) in [6.07, 6.45) is 0. The maximum atomic E-state index is 11.0. The summed E-state index contributed by atoms with van der Waals surface area (Å²) in [4.78, 5) is 25.9. The van der Waals surface area contributed by atoms with Crippen LogP contribution in [0.15, 0.2) is 23.2 Å². The minimum atomic E-state index is -1.05. The molecule has 1 aliphatic heterocycles. The van der Waals surface area contributed by atoms with Crippen LogP contribution >= 0.6 is 23.4 Å². The molecule has 1 fully saturated rings. The van der Waals surface area contributed by atoms with Crippen LogP contribution in [0, 0.1) is 0 Å². The Bertz CT molecular complexity index is 530. The molecule has 2 rings (SSSR count). The molecule has 1 aliphatic rings. The van der Waals surface area contributed by atoms with E-state index in [-0.39, 0.29) is 11.5 Å². The summed E-state index contributed by atoms with van der Waals surface area (Å²) >= 11 is 7.15. The number of benzene rings is 1. The van der Waals surface area contributed by atoms with E-state index in [1.807, 2.05) is 0 Å². The summed E-state index contributed by atoms with van der Waals surface area (Å²) in [7, 11) is 0. The summed E-state index contributed by atoms with van der Waals surface area (Å²) in [5.41, 5.74) is 0.430. The van der Waals surface area contributed by atoms with Crippen LogP contribution in [-0.2, 0) is 4.79 Å². The normalized spacial score (nSPS) is 17.2. The number of carbonyl (C=O) groups excluding carboxylic acids is 1. The van der Waals surface area contributed by atoms with Crippen LogP contribution in [0.25, 0.3) is 0 Å². The Labute approximate surface area is 106 Å². The highest BCUT2D eigenvalue weighted by Crippen LogP contribution is 2.27. The predicted octanol–water partition coefficient (Wildman–Crippen LogP) is 1.89. The molecule has 0 saturated carbocycles. The van der Waals surface area contributed by atoms with E-state index in [1.165, 1.54) is 30.0 Å². The Hall–Kier alpha value is -1.53. The Morgan fingerprint density at radius 1 is 1.53 bits per heavy atom. The van der Waals surface area contributed by atoms with Gasteiger partial charge in [0.25, 0.3) is 0 Å². The Morgan fingerprint density at radius 2 is 2.29 bits per heavy atom. The first kappa shape index (κ1) is 11.9. The second kappa shape index (κ2) is 4.77. The lowest BCUT2D eigenvalue weighted by Crippen LogP contribution is -2.19. The zero-order valence-electron chi connectivity index (χ0n) is 8.44. The number of halogens is 1. The lowest BCUT2D eigenvalue weighted by atomic mass is 10.2. The molecule has 0 aromatic heterocycles.